The molecule has 8 heteroatoms. The molecule has 0 aliphatic carbocycles. The first-order chi connectivity index (χ1) is 11.2. The Morgan fingerprint density at radius 3 is 2.50 bits per heavy atom. The minimum atomic E-state index is -4.72. The van der Waals surface area contributed by atoms with Gasteiger partial charge in [-0.3, -0.25) is 0 Å². The Kier molecular flexibility index (Phi) is 4.96. The van der Waals surface area contributed by atoms with Crippen molar-refractivity contribution < 1.29 is 22.8 Å². The molecule has 2 rings (SSSR count). The van der Waals surface area contributed by atoms with Crippen molar-refractivity contribution in [2.45, 2.75) is 19.6 Å². The second kappa shape index (κ2) is 6.77. The summed E-state index contributed by atoms with van der Waals surface area (Å²) in [5.74, 6) is -1.39. The zero-order valence-electron chi connectivity index (χ0n) is 12.7. The Balaban J connectivity index is 2.18. The smallest absolute Gasteiger partial charge is 0.409 e. The van der Waals surface area contributed by atoms with Gasteiger partial charge in [0.2, 0.25) is 0 Å². The summed E-state index contributed by atoms with van der Waals surface area (Å²) in [5.41, 5.74) is 6.53. The third-order valence-corrected chi connectivity index (χ3v) is 3.46. The van der Waals surface area contributed by atoms with E-state index in [4.69, 9.17) is 10.9 Å². The maximum Gasteiger partial charge on any atom is 0.419 e. The largest absolute Gasteiger partial charge is 0.419 e. The van der Waals surface area contributed by atoms with Crippen molar-refractivity contribution in [3.05, 3.63) is 64.5 Å². The van der Waals surface area contributed by atoms with Gasteiger partial charge in [0.05, 0.1) is 5.56 Å². The molecular formula is C16H15F4N3O. The summed E-state index contributed by atoms with van der Waals surface area (Å²) in [6.45, 7) is 1.93. The molecule has 0 radical (unpaired) electrons. The molecule has 2 aromatic carbocycles. The fraction of sp³-hybridized carbons (Fsp3) is 0.188. The summed E-state index contributed by atoms with van der Waals surface area (Å²) >= 11 is 0. The van der Waals surface area contributed by atoms with Crippen molar-refractivity contribution >= 4 is 11.5 Å². The van der Waals surface area contributed by atoms with Crippen molar-refractivity contribution in [2.24, 2.45) is 10.9 Å². The van der Waals surface area contributed by atoms with Crippen LogP contribution in [0.5, 0.6) is 0 Å². The number of hydrogen-bond donors (Lipinski definition) is 3. The Morgan fingerprint density at radius 1 is 1.21 bits per heavy atom. The minimum absolute atomic E-state index is 0.0707. The normalized spacial score (nSPS) is 12.3. The number of nitrogens with two attached hydrogens (primary N) is 1. The summed E-state index contributed by atoms with van der Waals surface area (Å²) < 4.78 is 51.2. The molecule has 0 bridgehead atoms. The number of oxime groups is 1. The van der Waals surface area contributed by atoms with Gasteiger partial charge in [0.15, 0.2) is 5.84 Å². The third-order valence-electron chi connectivity index (χ3n) is 3.46. The van der Waals surface area contributed by atoms with Crippen molar-refractivity contribution in [2.75, 3.05) is 5.32 Å². The van der Waals surface area contributed by atoms with Crippen LogP contribution in [0.4, 0.5) is 23.2 Å². The van der Waals surface area contributed by atoms with E-state index in [0.29, 0.717) is 22.9 Å². The van der Waals surface area contributed by atoms with Crippen molar-refractivity contribution in [3.63, 3.8) is 0 Å². The number of amidine groups is 1. The number of anilines is 1. The maximum atomic E-state index is 13.6. The lowest BCUT2D eigenvalue weighted by Crippen LogP contribution is -2.14. The van der Waals surface area contributed by atoms with E-state index in [1.165, 1.54) is 6.07 Å². The van der Waals surface area contributed by atoms with E-state index in [1.807, 2.05) is 6.92 Å². The Morgan fingerprint density at radius 2 is 1.92 bits per heavy atom. The maximum absolute atomic E-state index is 13.6. The van der Waals surface area contributed by atoms with E-state index in [2.05, 4.69) is 10.5 Å². The predicted octanol–water partition coefficient (Wildman–Crippen LogP) is 3.86. The monoisotopic (exact) mass is 341 g/mol. The highest BCUT2D eigenvalue weighted by Crippen LogP contribution is 2.31. The Bertz CT molecular complexity index is 772. The quantitative estimate of drug-likeness (QED) is 0.260. The average molecular weight is 341 g/mol. The second-order valence-electron chi connectivity index (χ2n) is 5.18. The lowest BCUT2D eigenvalue weighted by atomic mass is 10.1. The van der Waals surface area contributed by atoms with Crippen LogP contribution in [0.3, 0.4) is 0 Å². The van der Waals surface area contributed by atoms with Gasteiger partial charge in [-0.25, -0.2) is 4.39 Å². The molecule has 0 saturated heterocycles. The number of halogens is 4. The molecule has 0 aliphatic heterocycles. The molecule has 0 aromatic heterocycles. The van der Waals surface area contributed by atoms with E-state index < -0.39 is 17.6 Å². The van der Waals surface area contributed by atoms with Gasteiger partial charge in [-0.2, -0.15) is 13.2 Å². The fourth-order valence-corrected chi connectivity index (χ4v) is 2.13. The van der Waals surface area contributed by atoms with Crippen molar-refractivity contribution in [1.29, 1.82) is 0 Å². The van der Waals surface area contributed by atoms with Gasteiger partial charge in [-0.15, -0.1) is 0 Å². The van der Waals surface area contributed by atoms with Crippen LogP contribution >= 0.6 is 0 Å². The number of nitrogens with zero attached hydrogens (tertiary/aromatic N) is 1. The van der Waals surface area contributed by atoms with Crippen LogP contribution in [0.15, 0.2) is 41.6 Å². The molecule has 0 fully saturated rings. The zero-order chi connectivity index (χ0) is 17.9. The highest BCUT2D eigenvalue weighted by Gasteiger charge is 2.33. The van der Waals surface area contributed by atoms with Gasteiger partial charge in [-0.05, 0) is 36.2 Å². The van der Waals surface area contributed by atoms with E-state index >= 15 is 0 Å². The van der Waals surface area contributed by atoms with Gasteiger partial charge in [-0.1, -0.05) is 23.4 Å². The van der Waals surface area contributed by atoms with E-state index in [1.54, 1.807) is 18.2 Å². The molecule has 2 aromatic rings. The first kappa shape index (κ1) is 17.6. The van der Waals surface area contributed by atoms with Gasteiger partial charge >= 0.3 is 6.18 Å². The van der Waals surface area contributed by atoms with Crippen molar-refractivity contribution in [3.8, 4) is 0 Å². The lowest BCUT2D eigenvalue weighted by Gasteiger charge is -2.13. The Labute approximate surface area is 135 Å². The highest BCUT2D eigenvalue weighted by atomic mass is 19.4. The number of hydrogen-bond acceptors (Lipinski definition) is 3. The molecule has 0 heterocycles. The standard InChI is InChI=1S/C16H15F4N3O/c1-9-2-4-11(15(21)23-24)7-14(9)22-8-10-3-5-12(13(17)6-10)16(18,19)20/h2-7,22,24H,8H2,1H3,(H2,21,23). The summed E-state index contributed by atoms with van der Waals surface area (Å²) in [6, 6.07) is 7.80. The van der Waals surface area contributed by atoms with Gasteiger partial charge in [0.1, 0.15) is 5.82 Å². The number of alkyl halides is 3. The number of benzene rings is 2. The number of nitrogens with one attached hydrogen (secondary N) is 1. The van der Waals surface area contributed by atoms with Crippen LogP contribution in [0.25, 0.3) is 0 Å². The molecule has 0 atom stereocenters. The lowest BCUT2D eigenvalue weighted by molar-refractivity contribution is -0.140. The van der Waals surface area contributed by atoms with Crippen LogP contribution < -0.4 is 11.1 Å². The van der Waals surface area contributed by atoms with Crippen LogP contribution in [-0.2, 0) is 12.7 Å². The molecule has 0 saturated carbocycles. The summed E-state index contributed by atoms with van der Waals surface area (Å²) in [5, 5.41) is 14.6. The molecule has 128 valence electrons. The van der Waals surface area contributed by atoms with Crippen LogP contribution in [0.2, 0.25) is 0 Å². The third kappa shape index (κ3) is 3.95. The van der Waals surface area contributed by atoms with Gasteiger partial charge < -0.3 is 16.3 Å². The van der Waals surface area contributed by atoms with E-state index in [0.717, 1.165) is 11.6 Å². The molecule has 0 amide bonds. The Hall–Kier alpha value is -2.77. The summed E-state index contributed by atoms with van der Waals surface area (Å²) in [7, 11) is 0. The molecule has 0 spiro atoms. The van der Waals surface area contributed by atoms with Gasteiger partial charge in [0, 0.05) is 17.8 Å². The first-order valence-electron chi connectivity index (χ1n) is 6.90. The summed E-state index contributed by atoms with van der Waals surface area (Å²) in [6.07, 6.45) is -4.72. The predicted molar refractivity (Wildman–Crippen MR) is 82.4 cm³/mol. The first-order valence-corrected chi connectivity index (χ1v) is 6.90. The average Bonchev–Trinajstić information content (AvgIpc) is 2.52. The molecule has 4 nitrogen and oxygen atoms in total. The van der Waals surface area contributed by atoms with Crippen LogP contribution in [0, 0.1) is 12.7 Å². The molecule has 4 N–H and O–H groups in total. The number of aryl methyl sites for hydroxylation is 1. The number of rotatable bonds is 4. The molecule has 0 aliphatic rings. The van der Waals surface area contributed by atoms with E-state index in [-0.39, 0.29) is 12.4 Å². The molecular weight excluding hydrogens is 326 g/mol. The van der Waals surface area contributed by atoms with E-state index in [9.17, 15) is 17.6 Å². The molecule has 0 unspecified atom stereocenters. The minimum Gasteiger partial charge on any atom is -0.409 e. The zero-order valence-corrected chi connectivity index (χ0v) is 12.7. The second-order valence-corrected chi connectivity index (χ2v) is 5.18. The summed E-state index contributed by atoms with van der Waals surface area (Å²) in [4.78, 5) is 0. The highest BCUT2D eigenvalue weighted by molar-refractivity contribution is 5.98. The van der Waals surface area contributed by atoms with Crippen molar-refractivity contribution in [1.82, 2.24) is 0 Å². The van der Waals surface area contributed by atoms with Crippen LogP contribution in [-0.4, -0.2) is 11.0 Å². The fourth-order valence-electron chi connectivity index (χ4n) is 2.13. The topological polar surface area (TPSA) is 70.6 Å². The SMILES string of the molecule is Cc1ccc(C(N)=NO)cc1NCc1ccc(C(F)(F)F)c(F)c1. The molecule has 24 heavy (non-hydrogen) atoms. The van der Waals surface area contributed by atoms with Gasteiger partial charge in [0.25, 0.3) is 0 Å². The van der Waals surface area contributed by atoms with Crippen LogP contribution in [0.1, 0.15) is 22.3 Å².